The minimum Gasteiger partial charge on any atom is -0.480 e. The molecule has 0 aliphatic heterocycles. The number of hydrogen-bond acceptors (Lipinski definition) is 5. The van der Waals surface area contributed by atoms with Crippen molar-refractivity contribution in [3.63, 3.8) is 0 Å². The highest BCUT2D eigenvalue weighted by atomic mass is 16.4. The number of carboxylic acids is 1. The Hall–Kier alpha value is -2.71. The van der Waals surface area contributed by atoms with Crippen LogP contribution in [-0.4, -0.2) is 51.1 Å². The van der Waals surface area contributed by atoms with Crippen LogP contribution in [0.2, 0.25) is 0 Å². The number of aromatic nitrogens is 2. The van der Waals surface area contributed by atoms with Gasteiger partial charge in [-0.2, -0.15) is 5.10 Å². The number of rotatable bonds is 5. The lowest BCUT2D eigenvalue weighted by Crippen LogP contribution is -2.42. The van der Waals surface area contributed by atoms with Crippen molar-refractivity contribution in [2.75, 3.05) is 13.1 Å². The molecule has 18 heavy (non-hydrogen) atoms. The number of carbonyl (C=O) groups is 3. The first-order chi connectivity index (χ1) is 8.40. The molecule has 0 radical (unpaired) electrons. The van der Waals surface area contributed by atoms with Crippen LogP contribution in [0.4, 0.5) is 0 Å². The Balaban J connectivity index is 2.93. The third-order valence-electron chi connectivity index (χ3n) is 1.86. The second-order valence-electron chi connectivity index (χ2n) is 3.33. The Labute approximate surface area is 100 Å². The first-order valence-corrected chi connectivity index (χ1v) is 4.75. The summed E-state index contributed by atoms with van der Waals surface area (Å²) < 4.78 is 0. The molecule has 0 aliphatic rings. The molecule has 9 heteroatoms. The third kappa shape index (κ3) is 3.70. The summed E-state index contributed by atoms with van der Waals surface area (Å²) in [7, 11) is 0. The summed E-state index contributed by atoms with van der Waals surface area (Å²) in [5.74, 6) is -2.96. The standard InChI is InChI=1S/C9H10N4O5/c10-6(14)3-13(4-8(16)17)9(18)5-1-2-7(15)12-11-5/h1-2H,3-4H2,(H2,10,14)(H,12,15)(H,16,17). The summed E-state index contributed by atoms with van der Waals surface area (Å²) in [5.41, 5.74) is 4.21. The van der Waals surface area contributed by atoms with Gasteiger partial charge >= 0.3 is 5.97 Å². The zero-order valence-corrected chi connectivity index (χ0v) is 9.12. The summed E-state index contributed by atoms with van der Waals surface area (Å²) >= 11 is 0. The van der Waals surface area contributed by atoms with E-state index in [1.165, 1.54) is 0 Å². The minimum atomic E-state index is -1.30. The Bertz CT molecular complexity index is 502. The molecular formula is C9H10N4O5. The van der Waals surface area contributed by atoms with Crippen LogP contribution in [0.25, 0.3) is 0 Å². The molecule has 1 aromatic rings. The normalized spacial score (nSPS) is 9.78. The van der Waals surface area contributed by atoms with Gasteiger partial charge in [0, 0.05) is 6.07 Å². The SMILES string of the molecule is NC(=O)CN(CC(=O)O)C(=O)c1ccc(=O)[nH]n1. The summed E-state index contributed by atoms with van der Waals surface area (Å²) in [6, 6.07) is 2.18. The number of aliphatic carboxylic acids is 1. The van der Waals surface area contributed by atoms with Gasteiger partial charge in [-0.15, -0.1) is 0 Å². The molecule has 1 rings (SSSR count). The maximum Gasteiger partial charge on any atom is 0.323 e. The molecular weight excluding hydrogens is 244 g/mol. The van der Waals surface area contributed by atoms with Crippen LogP contribution < -0.4 is 11.3 Å². The lowest BCUT2D eigenvalue weighted by atomic mass is 10.3. The maximum atomic E-state index is 11.8. The van der Waals surface area contributed by atoms with E-state index < -0.39 is 36.4 Å². The van der Waals surface area contributed by atoms with E-state index in [4.69, 9.17) is 10.8 Å². The van der Waals surface area contributed by atoms with Crippen LogP contribution in [0.15, 0.2) is 16.9 Å². The Morgan fingerprint density at radius 3 is 2.44 bits per heavy atom. The molecule has 0 saturated carbocycles. The zero-order valence-electron chi connectivity index (χ0n) is 9.12. The number of amides is 2. The molecule has 0 aromatic carbocycles. The summed E-state index contributed by atoms with van der Waals surface area (Å²) in [4.78, 5) is 44.6. The van der Waals surface area contributed by atoms with Crippen molar-refractivity contribution >= 4 is 17.8 Å². The first-order valence-electron chi connectivity index (χ1n) is 4.75. The largest absolute Gasteiger partial charge is 0.480 e. The molecule has 1 aromatic heterocycles. The van der Waals surface area contributed by atoms with E-state index in [9.17, 15) is 19.2 Å². The van der Waals surface area contributed by atoms with Crippen molar-refractivity contribution < 1.29 is 19.5 Å². The number of nitrogens with zero attached hydrogens (tertiary/aromatic N) is 2. The summed E-state index contributed by atoms with van der Waals surface area (Å²) in [6.45, 7) is -1.24. The van der Waals surface area contributed by atoms with E-state index in [1.54, 1.807) is 0 Å². The van der Waals surface area contributed by atoms with Gasteiger partial charge in [0.2, 0.25) is 5.91 Å². The van der Waals surface area contributed by atoms with E-state index >= 15 is 0 Å². The topological polar surface area (TPSA) is 146 Å². The second-order valence-corrected chi connectivity index (χ2v) is 3.33. The van der Waals surface area contributed by atoms with E-state index in [0.717, 1.165) is 12.1 Å². The molecule has 9 nitrogen and oxygen atoms in total. The summed E-state index contributed by atoms with van der Waals surface area (Å²) in [6.07, 6.45) is 0. The highest BCUT2D eigenvalue weighted by molar-refractivity contribution is 5.96. The molecule has 2 amide bonds. The van der Waals surface area contributed by atoms with Gasteiger partial charge in [-0.05, 0) is 6.07 Å². The van der Waals surface area contributed by atoms with Gasteiger partial charge in [-0.1, -0.05) is 0 Å². The zero-order chi connectivity index (χ0) is 13.7. The molecule has 1 heterocycles. The Kier molecular flexibility index (Phi) is 4.13. The summed E-state index contributed by atoms with van der Waals surface area (Å²) in [5, 5.41) is 14.1. The Morgan fingerprint density at radius 2 is 2.00 bits per heavy atom. The van der Waals surface area contributed by atoms with Crippen LogP contribution in [0.3, 0.4) is 0 Å². The number of nitrogens with two attached hydrogens (primary N) is 1. The van der Waals surface area contributed by atoms with Crippen molar-refractivity contribution in [3.05, 3.63) is 28.2 Å². The maximum absolute atomic E-state index is 11.8. The lowest BCUT2D eigenvalue weighted by molar-refractivity contribution is -0.138. The minimum absolute atomic E-state index is 0.183. The molecule has 0 fully saturated rings. The van der Waals surface area contributed by atoms with Crippen molar-refractivity contribution in [1.82, 2.24) is 15.1 Å². The number of hydrogen-bond donors (Lipinski definition) is 3. The van der Waals surface area contributed by atoms with Crippen LogP contribution >= 0.6 is 0 Å². The van der Waals surface area contributed by atoms with Crippen molar-refractivity contribution in [2.45, 2.75) is 0 Å². The van der Waals surface area contributed by atoms with E-state index in [0.29, 0.717) is 4.90 Å². The number of nitrogens with one attached hydrogen (secondary N) is 1. The van der Waals surface area contributed by atoms with Crippen LogP contribution in [-0.2, 0) is 9.59 Å². The number of primary amides is 1. The van der Waals surface area contributed by atoms with Gasteiger partial charge in [0.1, 0.15) is 18.8 Å². The quantitative estimate of drug-likeness (QED) is 0.542. The number of carbonyl (C=O) groups excluding carboxylic acids is 2. The van der Waals surface area contributed by atoms with Gasteiger partial charge < -0.3 is 15.7 Å². The second kappa shape index (κ2) is 5.57. The Morgan fingerprint density at radius 1 is 1.33 bits per heavy atom. The molecule has 0 saturated heterocycles. The smallest absolute Gasteiger partial charge is 0.323 e. The molecule has 4 N–H and O–H groups in total. The van der Waals surface area contributed by atoms with Crippen LogP contribution in [0, 0.1) is 0 Å². The highest BCUT2D eigenvalue weighted by Crippen LogP contribution is 1.99. The number of H-pyrrole nitrogens is 1. The first kappa shape index (κ1) is 13.4. The van der Waals surface area contributed by atoms with E-state index in [1.807, 2.05) is 5.10 Å². The van der Waals surface area contributed by atoms with E-state index in [-0.39, 0.29) is 5.69 Å². The van der Waals surface area contributed by atoms with E-state index in [2.05, 4.69) is 5.10 Å². The number of aromatic amines is 1. The molecule has 0 bridgehead atoms. The van der Waals surface area contributed by atoms with Crippen molar-refractivity contribution in [2.24, 2.45) is 5.73 Å². The molecule has 96 valence electrons. The predicted molar refractivity (Wildman–Crippen MR) is 57.6 cm³/mol. The van der Waals surface area contributed by atoms with Crippen molar-refractivity contribution in [3.8, 4) is 0 Å². The van der Waals surface area contributed by atoms with Gasteiger partial charge in [0.05, 0.1) is 0 Å². The fraction of sp³-hybridized carbons (Fsp3) is 0.222. The molecule has 0 atom stereocenters. The average molecular weight is 254 g/mol. The monoisotopic (exact) mass is 254 g/mol. The third-order valence-corrected chi connectivity index (χ3v) is 1.86. The fourth-order valence-electron chi connectivity index (χ4n) is 1.18. The number of carboxylic acid groups (broad SMARTS) is 1. The molecule has 0 aliphatic carbocycles. The molecule has 0 spiro atoms. The average Bonchev–Trinajstić information content (AvgIpc) is 2.27. The predicted octanol–water partition coefficient (Wildman–Crippen LogP) is -2.22. The molecule has 0 unspecified atom stereocenters. The fourth-order valence-corrected chi connectivity index (χ4v) is 1.18. The van der Waals surface area contributed by atoms with Gasteiger partial charge in [-0.25, -0.2) is 5.10 Å². The lowest BCUT2D eigenvalue weighted by Gasteiger charge is -2.17. The van der Waals surface area contributed by atoms with Gasteiger partial charge in [0.15, 0.2) is 0 Å². The van der Waals surface area contributed by atoms with Gasteiger partial charge in [0.25, 0.3) is 11.5 Å². The van der Waals surface area contributed by atoms with Crippen LogP contribution in [0.5, 0.6) is 0 Å². The van der Waals surface area contributed by atoms with Crippen molar-refractivity contribution in [1.29, 1.82) is 0 Å². The highest BCUT2D eigenvalue weighted by Gasteiger charge is 2.21. The van der Waals surface area contributed by atoms with Crippen LogP contribution in [0.1, 0.15) is 10.5 Å². The van der Waals surface area contributed by atoms with Gasteiger partial charge in [-0.3, -0.25) is 19.2 Å².